The number of nitrogens with zero attached hydrogens (tertiary/aromatic N) is 2. The van der Waals surface area contributed by atoms with Crippen molar-refractivity contribution in [1.29, 1.82) is 0 Å². The summed E-state index contributed by atoms with van der Waals surface area (Å²) < 4.78 is 11.7. The zero-order chi connectivity index (χ0) is 27.4. The Labute approximate surface area is 234 Å². The fourth-order valence-electron chi connectivity index (χ4n) is 4.11. The molecule has 39 heavy (non-hydrogen) atoms. The van der Waals surface area contributed by atoms with Crippen molar-refractivity contribution in [3.8, 4) is 11.5 Å². The van der Waals surface area contributed by atoms with E-state index in [9.17, 15) is 9.59 Å². The molecule has 4 aromatic carbocycles. The zero-order valence-corrected chi connectivity index (χ0v) is 22.8. The van der Waals surface area contributed by atoms with Gasteiger partial charge in [-0.3, -0.25) is 14.5 Å². The molecule has 0 aliphatic rings. The third kappa shape index (κ3) is 5.72. The lowest BCUT2D eigenvalue weighted by Crippen LogP contribution is -2.26. The maximum atomic E-state index is 13.9. The van der Waals surface area contributed by atoms with Crippen LogP contribution in [0.4, 0.5) is 16.5 Å². The molecule has 0 atom stereocenters. The fraction of sp³-hybridized carbons (Fsp3) is 0.100. The van der Waals surface area contributed by atoms with E-state index in [0.29, 0.717) is 44.1 Å². The number of ether oxygens (including phenoxy) is 2. The predicted molar refractivity (Wildman–Crippen MR) is 156 cm³/mol. The average molecular weight is 558 g/mol. The van der Waals surface area contributed by atoms with Gasteiger partial charge < -0.3 is 14.8 Å². The molecule has 0 saturated heterocycles. The topological polar surface area (TPSA) is 80.8 Å². The molecule has 2 amide bonds. The molecule has 1 heterocycles. The van der Waals surface area contributed by atoms with Gasteiger partial charge in [0.2, 0.25) is 5.91 Å². The average Bonchev–Trinajstić information content (AvgIpc) is 3.36. The first-order valence-corrected chi connectivity index (χ1v) is 13.2. The number of hydrogen-bond acceptors (Lipinski definition) is 6. The van der Waals surface area contributed by atoms with Gasteiger partial charge in [-0.05, 0) is 48.0 Å². The Morgan fingerprint density at radius 3 is 2.38 bits per heavy atom. The molecule has 9 heteroatoms. The van der Waals surface area contributed by atoms with Crippen LogP contribution >= 0.6 is 22.9 Å². The number of carbonyl (C=O) groups is 2. The number of benzene rings is 4. The molecule has 0 aliphatic heterocycles. The highest BCUT2D eigenvalue weighted by Crippen LogP contribution is 2.39. The molecule has 5 aromatic rings. The lowest BCUT2D eigenvalue weighted by molar-refractivity contribution is -0.115. The van der Waals surface area contributed by atoms with Crippen LogP contribution in [0, 0.1) is 0 Å². The second-order valence-corrected chi connectivity index (χ2v) is 9.97. The quantitative estimate of drug-likeness (QED) is 0.219. The van der Waals surface area contributed by atoms with E-state index < -0.39 is 0 Å². The van der Waals surface area contributed by atoms with Gasteiger partial charge >= 0.3 is 0 Å². The number of anilines is 3. The van der Waals surface area contributed by atoms with Crippen LogP contribution in [0.3, 0.4) is 0 Å². The molecule has 0 saturated carbocycles. The van der Waals surface area contributed by atoms with Crippen molar-refractivity contribution in [2.45, 2.75) is 6.42 Å². The largest absolute Gasteiger partial charge is 0.493 e. The molecule has 0 spiro atoms. The lowest BCUT2D eigenvalue weighted by atomic mass is 10.1. The van der Waals surface area contributed by atoms with Crippen molar-refractivity contribution in [3.63, 3.8) is 0 Å². The monoisotopic (exact) mass is 557 g/mol. The minimum Gasteiger partial charge on any atom is -0.493 e. The molecular formula is C30H24ClN3O4S. The summed E-state index contributed by atoms with van der Waals surface area (Å²) in [6.45, 7) is 0. The summed E-state index contributed by atoms with van der Waals surface area (Å²) in [6.07, 6.45) is 0.270. The minimum absolute atomic E-state index is 0.119. The van der Waals surface area contributed by atoms with Crippen LogP contribution in [-0.2, 0) is 11.2 Å². The van der Waals surface area contributed by atoms with Crippen molar-refractivity contribution in [1.82, 2.24) is 4.98 Å². The summed E-state index contributed by atoms with van der Waals surface area (Å²) in [5.41, 5.74) is 3.14. The van der Waals surface area contributed by atoms with Gasteiger partial charge in [-0.25, -0.2) is 4.98 Å². The van der Waals surface area contributed by atoms with Gasteiger partial charge in [0.25, 0.3) is 5.91 Å². The van der Waals surface area contributed by atoms with E-state index in [1.807, 2.05) is 42.5 Å². The van der Waals surface area contributed by atoms with Crippen LogP contribution in [-0.4, -0.2) is 31.0 Å². The molecule has 5 rings (SSSR count). The number of fused-ring (bicyclic) bond motifs is 1. The van der Waals surface area contributed by atoms with Crippen molar-refractivity contribution in [3.05, 3.63) is 107 Å². The standard InChI is InChI=1S/C30H24ClN3O4S/c1-37-25-15-13-21(18-26(25)38-2)34(29(36)22-10-6-7-11-23(22)31)30-33-24-14-12-20(17-27(24)39-30)32-28(35)16-19-8-4-3-5-9-19/h3-15,17-18H,16H2,1-2H3,(H,32,35). The number of aromatic nitrogens is 1. The van der Waals surface area contributed by atoms with Crippen LogP contribution in [0.1, 0.15) is 15.9 Å². The fourth-order valence-corrected chi connectivity index (χ4v) is 5.35. The Balaban J connectivity index is 1.51. The first-order valence-electron chi connectivity index (χ1n) is 12.0. The normalized spacial score (nSPS) is 10.7. The van der Waals surface area contributed by atoms with Gasteiger partial charge in [0, 0.05) is 11.8 Å². The SMILES string of the molecule is COc1ccc(N(C(=O)c2ccccc2Cl)c2nc3ccc(NC(=O)Cc4ccccc4)cc3s2)cc1OC. The van der Waals surface area contributed by atoms with Gasteiger partial charge in [-0.15, -0.1) is 0 Å². The van der Waals surface area contributed by atoms with Crippen molar-refractivity contribution >= 4 is 61.5 Å². The van der Waals surface area contributed by atoms with Gasteiger partial charge in [0.1, 0.15) is 0 Å². The van der Waals surface area contributed by atoms with E-state index in [4.69, 9.17) is 26.1 Å². The molecule has 1 N–H and O–H groups in total. The Morgan fingerprint density at radius 1 is 0.897 bits per heavy atom. The summed E-state index contributed by atoms with van der Waals surface area (Å²) in [6, 6.07) is 27.1. The number of rotatable bonds is 8. The number of thiazole rings is 1. The van der Waals surface area contributed by atoms with Gasteiger partial charge in [0.15, 0.2) is 16.6 Å². The number of nitrogens with one attached hydrogen (secondary N) is 1. The predicted octanol–water partition coefficient (Wildman–Crippen LogP) is 7.13. The summed E-state index contributed by atoms with van der Waals surface area (Å²) in [4.78, 5) is 32.7. The molecule has 0 aliphatic carbocycles. The lowest BCUT2D eigenvalue weighted by Gasteiger charge is -2.22. The third-order valence-electron chi connectivity index (χ3n) is 5.99. The van der Waals surface area contributed by atoms with Crippen molar-refractivity contribution in [2.24, 2.45) is 0 Å². The van der Waals surface area contributed by atoms with Crippen LogP contribution in [0.5, 0.6) is 11.5 Å². The van der Waals surface area contributed by atoms with Crippen molar-refractivity contribution < 1.29 is 19.1 Å². The molecule has 0 fully saturated rings. The number of halogens is 1. The van der Waals surface area contributed by atoms with Crippen molar-refractivity contribution in [2.75, 3.05) is 24.4 Å². The second-order valence-electron chi connectivity index (χ2n) is 8.55. The van der Waals surface area contributed by atoms with Crippen LogP contribution in [0.2, 0.25) is 5.02 Å². The smallest absolute Gasteiger partial charge is 0.266 e. The Morgan fingerprint density at radius 2 is 1.64 bits per heavy atom. The Bertz CT molecular complexity index is 1660. The molecule has 0 unspecified atom stereocenters. The van der Waals surface area contributed by atoms with Crippen LogP contribution < -0.4 is 19.7 Å². The van der Waals surface area contributed by atoms with E-state index in [1.54, 1.807) is 55.6 Å². The molecule has 0 radical (unpaired) electrons. The van der Waals surface area contributed by atoms with Gasteiger partial charge in [-0.2, -0.15) is 0 Å². The van der Waals surface area contributed by atoms with Crippen LogP contribution in [0.25, 0.3) is 10.2 Å². The summed E-state index contributed by atoms with van der Waals surface area (Å²) in [5, 5.41) is 3.72. The molecule has 7 nitrogen and oxygen atoms in total. The van der Waals surface area contributed by atoms with E-state index in [2.05, 4.69) is 5.32 Å². The zero-order valence-electron chi connectivity index (χ0n) is 21.2. The highest BCUT2D eigenvalue weighted by molar-refractivity contribution is 7.22. The molecule has 1 aromatic heterocycles. The van der Waals surface area contributed by atoms with Crippen LogP contribution in [0.15, 0.2) is 91.0 Å². The van der Waals surface area contributed by atoms with Gasteiger partial charge in [0.05, 0.1) is 47.1 Å². The number of carbonyl (C=O) groups excluding carboxylic acids is 2. The maximum Gasteiger partial charge on any atom is 0.266 e. The number of methoxy groups -OCH3 is 2. The molecule has 0 bridgehead atoms. The maximum absolute atomic E-state index is 13.9. The minimum atomic E-state index is -0.344. The Kier molecular flexibility index (Phi) is 7.76. The van der Waals surface area contributed by atoms with E-state index in [-0.39, 0.29) is 18.2 Å². The second kappa shape index (κ2) is 11.6. The molecule has 196 valence electrons. The summed E-state index contributed by atoms with van der Waals surface area (Å²) in [7, 11) is 3.08. The first-order chi connectivity index (χ1) is 19.0. The number of amides is 2. The van der Waals surface area contributed by atoms with E-state index in [0.717, 1.165) is 10.3 Å². The molecular weight excluding hydrogens is 534 g/mol. The summed E-state index contributed by atoms with van der Waals surface area (Å²) >= 11 is 7.73. The highest BCUT2D eigenvalue weighted by atomic mass is 35.5. The van der Waals surface area contributed by atoms with E-state index in [1.165, 1.54) is 23.3 Å². The highest BCUT2D eigenvalue weighted by Gasteiger charge is 2.26. The summed E-state index contributed by atoms with van der Waals surface area (Å²) in [5.74, 6) is 0.539. The first kappa shape index (κ1) is 26.2. The number of hydrogen-bond donors (Lipinski definition) is 1. The Hall–Kier alpha value is -4.40. The third-order valence-corrected chi connectivity index (χ3v) is 7.33. The van der Waals surface area contributed by atoms with E-state index >= 15 is 0 Å². The van der Waals surface area contributed by atoms with Gasteiger partial charge in [-0.1, -0.05) is 65.4 Å².